The summed E-state index contributed by atoms with van der Waals surface area (Å²) >= 11 is 0. The largest absolute Gasteiger partial charge is 0.369 e. The van der Waals surface area contributed by atoms with E-state index in [0.717, 1.165) is 29.9 Å². The predicted molar refractivity (Wildman–Crippen MR) is 105 cm³/mol. The minimum atomic E-state index is 0.0308. The summed E-state index contributed by atoms with van der Waals surface area (Å²) < 4.78 is 0. The fraction of sp³-hybridized carbons (Fsp3) is 0.174. The molecule has 2 aliphatic carbocycles. The molecule has 0 amide bonds. The minimum absolute atomic E-state index is 0.0308. The van der Waals surface area contributed by atoms with Gasteiger partial charge in [0.1, 0.15) is 0 Å². The smallest absolute Gasteiger partial charge is 0.201 e. The molecule has 2 aliphatic rings. The summed E-state index contributed by atoms with van der Waals surface area (Å²) in [4.78, 5) is 14.3. The Hall–Kier alpha value is -3.05. The van der Waals surface area contributed by atoms with Crippen LogP contribution in [0.5, 0.6) is 0 Å². The summed E-state index contributed by atoms with van der Waals surface area (Å²) in [5.41, 5.74) is 4.94. The lowest BCUT2D eigenvalue weighted by atomic mass is 10.2. The van der Waals surface area contributed by atoms with Gasteiger partial charge in [-0.15, -0.1) is 0 Å². The van der Waals surface area contributed by atoms with Gasteiger partial charge in [0.15, 0.2) is 0 Å². The van der Waals surface area contributed by atoms with Crippen LogP contribution in [0.1, 0.15) is 25.0 Å². The highest BCUT2D eigenvalue weighted by molar-refractivity contribution is 5.70. The van der Waals surface area contributed by atoms with Crippen LogP contribution in [0.2, 0.25) is 0 Å². The molecule has 0 bridgehead atoms. The molecule has 25 heavy (non-hydrogen) atoms. The van der Waals surface area contributed by atoms with E-state index in [1.165, 1.54) is 11.1 Å². The van der Waals surface area contributed by atoms with Crippen molar-refractivity contribution in [2.75, 3.05) is 18.0 Å². The first kappa shape index (κ1) is 16.8. The van der Waals surface area contributed by atoms with E-state index in [1.54, 1.807) is 12.1 Å². The number of nitrogens with zero attached hydrogens (tertiary/aromatic N) is 1. The fourth-order valence-electron chi connectivity index (χ4n) is 2.90. The third-order valence-electron chi connectivity index (χ3n) is 4.27. The molecular formula is C23H21NO. The number of hydrogen-bond donors (Lipinski definition) is 0. The Labute approximate surface area is 149 Å². The normalized spacial score (nSPS) is 10.2. The third kappa shape index (κ3) is 3.89. The Kier molecular flexibility index (Phi) is 5.16. The van der Waals surface area contributed by atoms with E-state index in [0.29, 0.717) is 0 Å². The highest BCUT2D eigenvalue weighted by Crippen LogP contribution is 2.24. The summed E-state index contributed by atoms with van der Waals surface area (Å²) in [5, 5.41) is 0. The van der Waals surface area contributed by atoms with Crippen molar-refractivity contribution in [3.8, 4) is 23.0 Å². The summed E-state index contributed by atoms with van der Waals surface area (Å²) in [6, 6.07) is 21.6. The lowest BCUT2D eigenvalue weighted by Crippen LogP contribution is -2.26. The van der Waals surface area contributed by atoms with Gasteiger partial charge in [0.05, 0.1) is 5.69 Å². The van der Waals surface area contributed by atoms with Crippen LogP contribution in [0.25, 0.3) is 11.1 Å². The zero-order valence-electron chi connectivity index (χ0n) is 14.6. The van der Waals surface area contributed by atoms with Gasteiger partial charge in [-0.2, -0.15) is 0 Å². The highest BCUT2D eigenvalue weighted by atomic mass is 16.1. The molecule has 124 valence electrons. The third-order valence-corrected chi connectivity index (χ3v) is 4.27. The zero-order valence-corrected chi connectivity index (χ0v) is 14.6. The predicted octanol–water partition coefficient (Wildman–Crippen LogP) is 4.40. The maximum absolute atomic E-state index is 12.3. The molecule has 0 saturated heterocycles. The van der Waals surface area contributed by atoms with Gasteiger partial charge >= 0.3 is 0 Å². The van der Waals surface area contributed by atoms with E-state index in [-0.39, 0.29) is 5.43 Å². The first-order chi connectivity index (χ1) is 12.2. The van der Waals surface area contributed by atoms with Gasteiger partial charge in [0, 0.05) is 24.2 Å². The quantitative estimate of drug-likeness (QED) is 0.665. The van der Waals surface area contributed by atoms with E-state index < -0.39 is 0 Å². The van der Waals surface area contributed by atoms with Crippen LogP contribution < -0.4 is 10.3 Å². The van der Waals surface area contributed by atoms with Crippen molar-refractivity contribution in [3.63, 3.8) is 0 Å². The van der Waals surface area contributed by atoms with Crippen LogP contribution in [-0.4, -0.2) is 13.1 Å². The van der Waals surface area contributed by atoms with Gasteiger partial charge in [-0.25, -0.2) is 0 Å². The summed E-state index contributed by atoms with van der Waals surface area (Å²) in [6.45, 7) is 5.73. The molecule has 3 rings (SSSR count). The maximum Gasteiger partial charge on any atom is 0.201 e. The molecule has 2 nitrogen and oxygen atoms in total. The van der Waals surface area contributed by atoms with Crippen LogP contribution in [0.3, 0.4) is 0 Å². The molecule has 0 N–H and O–H groups in total. The SMILES string of the molecule is CCN(CC)c1ccc(C#Cc2cc3cccccc-3c2)ccc1=O. The zero-order chi connectivity index (χ0) is 17.6. The molecule has 2 heteroatoms. The minimum Gasteiger partial charge on any atom is -0.369 e. The molecular weight excluding hydrogens is 306 g/mol. The summed E-state index contributed by atoms with van der Waals surface area (Å²) in [7, 11) is 0. The van der Waals surface area contributed by atoms with Crippen LogP contribution in [-0.2, 0) is 0 Å². The Bertz CT molecular complexity index is 930. The van der Waals surface area contributed by atoms with Crippen molar-refractivity contribution in [1.29, 1.82) is 0 Å². The molecule has 0 atom stereocenters. The van der Waals surface area contributed by atoms with Crippen molar-refractivity contribution in [2.45, 2.75) is 13.8 Å². The van der Waals surface area contributed by atoms with Gasteiger partial charge in [0.2, 0.25) is 5.43 Å². The van der Waals surface area contributed by atoms with Gasteiger partial charge in [-0.05, 0) is 61.4 Å². The first-order valence-corrected chi connectivity index (χ1v) is 8.61. The molecule has 1 aromatic rings. The average Bonchev–Trinajstić information content (AvgIpc) is 2.76. The van der Waals surface area contributed by atoms with E-state index >= 15 is 0 Å². The maximum atomic E-state index is 12.3. The number of hydrogen-bond acceptors (Lipinski definition) is 2. The van der Waals surface area contributed by atoms with Crippen LogP contribution in [0.4, 0.5) is 5.69 Å². The number of anilines is 1. The van der Waals surface area contributed by atoms with Crippen molar-refractivity contribution in [3.05, 3.63) is 88.1 Å². The molecule has 0 heterocycles. The lowest BCUT2D eigenvalue weighted by Gasteiger charge is -2.18. The van der Waals surface area contributed by atoms with Crippen molar-refractivity contribution < 1.29 is 0 Å². The first-order valence-electron chi connectivity index (χ1n) is 8.61. The van der Waals surface area contributed by atoms with Crippen molar-refractivity contribution in [2.24, 2.45) is 0 Å². The molecule has 0 unspecified atom stereocenters. The van der Waals surface area contributed by atoms with Crippen LogP contribution in [0, 0.1) is 11.8 Å². The molecule has 1 aromatic carbocycles. The van der Waals surface area contributed by atoms with Gasteiger partial charge in [-0.1, -0.05) is 42.2 Å². The van der Waals surface area contributed by atoms with Crippen molar-refractivity contribution >= 4 is 5.69 Å². The standard InChI is InChI=1S/C23H21NO/c1-3-24(4-2)22-14-12-18(13-15-23(22)25)10-11-19-16-20-8-6-5-7-9-21(20)17-19/h5-9,12-17H,3-4H2,1-2H3. The van der Waals surface area contributed by atoms with Crippen LogP contribution in [0.15, 0.2) is 71.5 Å². The Morgan fingerprint density at radius 1 is 0.760 bits per heavy atom. The van der Waals surface area contributed by atoms with Crippen molar-refractivity contribution in [1.82, 2.24) is 0 Å². The monoisotopic (exact) mass is 327 g/mol. The fourth-order valence-corrected chi connectivity index (χ4v) is 2.90. The average molecular weight is 327 g/mol. The second-order valence-corrected chi connectivity index (χ2v) is 5.86. The van der Waals surface area contributed by atoms with E-state index in [4.69, 9.17) is 0 Å². The molecule has 0 aromatic heterocycles. The molecule has 0 fully saturated rings. The summed E-state index contributed by atoms with van der Waals surface area (Å²) in [6.07, 6.45) is 0. The number of rotatable bonds is 3. The van der Waals surface area contributed by atoms with E-state index in [9.17, 15) is 4.79 Å². The molecule has 0 radical (unpaired) electrons. The van der Waals surface area contributed by atoms with Gasteiger partial charge in [-0.3, -0.25) is 4.79 Å². The Morgan fingerprint density at radius 2 is 1.36 bits per heavy atom. The second-order valence-electron chi connectivity index (χ2n) is 5.86. The molecule has 0 spiro atoms. The van der Waals surface area contributed by atoms with E-state index in [2.05, 4.69) is 54.9 Å². The molecule has 0 saturated carbocycles. The van der Waals surface area contributed by atoms with Gasteiger partial charge < -0.3 is 4.90 Å². The topological polar surface area (TPSA) is 20.3 Å². The van der Waals surface area contributed by atoms with Crippen LogP contribution >= 0.6 is 0 Å². The lowest BCUT2D eigenvalue weighted by molar-refractivity contribution is 0.863. The Balaban J connectivity index is 1.94. The van der Waals surface area contributed by atoms with Gasteiger partial charge in [0.25, 0.3) is 0 Å². The summed E-state index contributed by atoms with van der Waals surface area (Å²) in [5.74, 6) is 6.38. The second kappa shape index (κ2) is 7.68. The molecule has 0 aliphatic heterocycles. The Morgan fingerprint density at radius 3 is 2.00 bits per heavy atom. The highest BCUT2D eigenvalue weighted by Gasteiger charge is 2.05. The number of fused-ring (bicyclic) bond motifs is 1. The van der Waals surface area contributed by atoms with E-state index in [1.807, 2.05) is 30.3 Å².